The summed E-state index contributed by atoms with van der Waals surface area (Å²) in [6, 6.07) is 6.40. The summed E-state index contributed by atoms with van der Waals surface area (Å²) >= 11 is 0. The Morgan fingerprint density at radius 3 is 2.56 bits per heavy atom. The van der Waals surface area contributed by atoms with Crippen molar-refractivity contribution in [3.8, 4) is 5.75 Å². The average Bonchev–Trinajstić information content (AvgIpc) is 2.28. The highest BCUT2D eigenvalue weighted by atomic mass is 16.5. The van der Waals surface area contributed by atoms with Gasteiger partial charge in [-0.15, -0.1) is 0 Å². The summed E-state index contributed by atoms with van der Waals surface area (Å²) < 4.78 is 5.27. The summed E-state index contributed by atoms with van der Waals surface area (Å²) in [6.07, 6.45) is 0.812. The minimum atomic E-state index is -0.467. The molecule has 1 aromatic carbocycles. The van der Waals surface area contributed by atoms with Crippen LogP contribution in [0.25, 0.3) is 0 Å². The van der Waals surface area contributed by atoms with Gasteiger partial charge in [0.2, 0.25) is 0 Å². The maximum Gasteiger partial charge on any atom is 0.342 e. The molecule has 2 unspecified atom stereocenters. The summed E-state index contributed by atoms with van der Waals surface area (Å²) in [5.74, 6) is -0.190. The van der Waals surface area contributed by atoms with Crippen LogP contribution in [0.3, 0.4) is 0 Å². The molecule has 0 aliphatic heterocycles. The summed E-state index contributed by atoms with van der Waals surface area (Å²) in [5.41, 5.74) is 0.220. The first kappa shape index (κ1) is 12.6. The normalized spacial score (nSPS) is 14.2. The zero-order valence-electron chi connectivity index (χ0n) is 9.93. The summed E-state index contributed by atoms with van der Waals surface area (Å²) in [4.78, 5) is 11.7. The first-order valence-electron chi connectivity index (χ1n) is 5.55. The first-order chi connectivity index (χ1) is 7.56. The van der Waals surface area contributed by atoms with Crippen molar-refractivity contribution >= 4 is 5.97 Å². The minimum Gasteiger partial charge on any atom is -0.507 e. The van der Waals surface area contributed by atoms with Gasteiger partial charge in [-0.05, 0) is 25.0 Å². The molecule has 1 rings (SSSR count). The van der Waals surface area contributed by atoms with Gasteiger partial charge in [-0.3, -0.25) is 0 Å². The number of hydrogen-bond donors (Lipinski definition) is 1. The molecular weight excluding hydrogens is 204 g/mol. The first-order valence-corrected chi connectivity index (χ1v) is 5.55. The molecule has 16 heavy (non-hydrogen) atoms. The number of ether oxygens (including phenoxy) is 1. The topological polar surface area (TPSA) is 46.5 Å². The van der Waals surface area contributed by atoms with Crippen LogP contribution in [-0.2, 0) is 4.74 Å². The number of benzene rings is 1. The fourth-order valence-corrected chi connectivity index (χ4v) is 1.33. The molecular formula is C13H18O3. The molecule has 0 aliphatic rings. The Bertz CT molecular complexity index is 360. The molecule has 0 amide bonds. The Balaban J connectivity index is 2.70. The number of para-hydroxylation sites is 1. The number of carbonyl (C=O) groups excluding carboxylic acids is 1. The zero-order chi connectivity index (χ0) is 12.1. The quantitative estimate of drug-likeness (QED) is 0.796. The average molecular weight is 222 g/mol. The van der Waals surface area contributed by atoms with Crippen molar-refractivity contribution in [2.45, 2.75) is 33.3 Å². The van der Waals surface area contributed by atoms with Gasteiger partial charge < -0.3 is 9.84 Å². The lowest BCUT2D eigenvalue weighted by Crippen LogP contribution is -2.21. The number of aromatic hydroxyl groups is 1. The SMILES string of the molecule is CCC(C)C(C)OC(=O)c1ccccc1O. The number of phenols is 1. The number of phenolic OH excluding ortho intramolecular Hbond substituents is 1. The smallest absolute Gasteiger partial charge is 0.342 e. The number of hydrogen-bond acceptors (Lipinski definition) is 3. The third-order valence-electron chi connectivity index (χ3n) is 2.86. The molecule has 0 aromatic heterocycles. The minimum absolute atomic E-state index is 0.0381. The van der Waals surface area contributed by atoms with Gasteiger partial charge in [0.05, 0.1) is 0 Å². The summed E-state index contributed by atoms with van der Waals surface area (Å²) in [5, 5.41) is 9.49. The molecule has 1 aromatic rings. The number of rotatable bonds is 4. The van der Waals surface area contributed by atoms with Gasteiger partial charge in [0, 0.05) is 0 Å². The molecule has 0 bridgehead atoms. The second-order valence-electron chi connectivity index (χ2n) is 4.01. The third-order valence-corrected chi connectivity index (χ3v) is 2.86. The maximum absolute atomic E-state index is 11.7. The van der Waals surface area contributed by atoms with Crippen molar-refractivity contribution in [3.05, 3.63) is 29.8 Å². The van der Waals surface area contributed by atoms with E-state index in [1.807, 2.05) is 13.8 Å². The van der Waals surface area contributed by atoms with Gasteiger partial charge >= 0.3 is 5.97 Å². The van der Waals surface area contributed by atoms with Crippen molar-refractivity contribution in [1.82, 2.24) is 0 Å². The Hall–Kier alpha value is -1.51. The van der Waals surface area contributed by atoms with E-state index < -0.39 is 5.97 Å². The monoisotopic (exact) mass is 222 g/mol. The summed E-state index contributed by atoms with van der Waals surface area (Å²) in [7, 11) is 0. The van der Waals surface area contributed by atoms with Gasteiger partial charge in [0.15, 0.2) is 0 Å². The molecule has 0 fully saturated rings. The van der Waals surface area contributed by atoms with E-state index in [9.17, 15) is 9.90 Å². The summed E-state index contributed by atoms with van der Waals surface area (Å²) in [6.45, 7) is 5.95. The van der Waals surface area contributed by atoms with Gasteiger partial charge in [-0.25, -0.2) is 4.79 Å². The molecule has 3 heteroatoms. The fraction of sp³-hybridized carbons (Fsp3) is 0.462. The Morgan fingerprint density at radius 2 is 2.00 bits per heavy atom. The number of carbonyl (C=O) groups is 1. The third kappa shape index (κ3) is 2.99. The standard InChI is InChI=1S/C13H18O3/c1-4-9(2)10(3)16-13(15)11-7-5-6-8-12(11)14/h5-10,14H,4H2,1-3H3. The van der Waals surface area contributed by atoms with E-state index in [0.29, 0.717) is 5.92 Å². The van der Waals surface area contributed by atoms with E-state index in [0.717, 1.165) is 6.42 Å². The van der Waals surface area contributed by atoms with E-state index in [2.05, 4.69) is 6.92 Å². The van der Waals surface area contributed by atoms with Gasteiger partial charge in [0.1, 0.15) is 17.4 Å². The highest BCUT2D eigenvalue weighted by molar-refractivity contribution is 5.92. The Labute approximate surface area is 96.1 Å². The lowest BCUT2D eigenvalue weighted by molar-refractivity contribution is 0.0210. The van der Waals surface area contributed by atoms with Gasteiger partial charge in [0.25, 0.3) is 0 Å². The molecule has 0 saturated carbocycles. The molecule has 1 N–H and O–H groups in total. The van der Waals surface area contributed by atoms with Crippen LogP contribution in [-0.4, -0.2) is 17.2 Å². The van der Waals surface area contributed by atoms with E-state index in [4.69, 9.17) is 4.74 Å². The van der Waals surface area contributed by atoms with E-state index >= 15 is 0 Å². The molecule has 2 atom stereocenters. The fourth-order valence-electron chi connectivity index (χ4n) is 1.33. The van der Waals surface area contributed by atoms with Crippen LogP contribution in [0.1, 0.15) is 37.6 Å². The maximum atomic E-state index is 11.7. The highest BCUT2D eigenvalue weighted by Gasteiger charge is 2.18. The van der Waals surface area contributed by atoms with E-state index in [1.165, 1.54) is 6.07 Å². The largest absolute Gasteiger partial charge is 0.507 e. The lowest BCUT2D eigenvalue weighted by Gasteiger charge is -2.19. The van der Waals surface area contributed by atoms with Crippen LogP contribution in [0, 0.1) is 5.92 Å². The molecule has 88 valence electrons. The van der Waals surface area contributed by atoms with E-state index in [-0.39, 0.29) is 17.4 Å². The van der Waals surface area contributed by atoms with Crippen LogP contribution in [0.15, 0.2) is 24.3 Å². The van der Waals surface area contributed by atoms with Crippen LogP contribution in [0.5, 0.6) is 5.75 Å². The lowest BCUT2D eigenvalue weighted by atomic mass is 10.0. The predicted octanol–water partition coefficient (Wildman–Crippen LogP) is 2.98. The molecule has 0 radical (unpaired) electrons. The predicted molar refractivity (Wildman–Crippen MR) is 62.4 cm³/mol. The van der Waals surface area contributed by atoms with Crippen LogP contribution in [0.2, 0.25) is 0 Å². The molecule has 0 saturated heterocycles. The second-order valence-corrected chi connectivity index (χ2v) is 4.01. The molecule has 0 aliphatic carbocycles. The van der Waals surface area contributed by atoms with Crippen LogP contribution >= 0.6 is 0 Å². The van der Waals surface area contributed by atoms with Crippen molar-refractivity contribution in [1.29, 1.82) is 0 Å². The number of esters is 1. The van der Waals surface area contributed by atoms with Gasteiger partial charge in [-0.1, -0.05) is 32.4 Å². The Kier molecular flexibility index (Phi) is 4.35. The van der Waals surface area contributed by atoms with Crippen molar-refractivity contribution in [2.75, 3.05) is 0 Å². The van der Waals surface area contributed by atoms with Crippen molar-refractivity contribution in [2.24, 2.45) is 5.92 Å². The van der Waals surface area contributed by atoms with Gasteiger partial charge in [-0.2, -0.15) is 0 Å². The highest BCUT2D eigenvalue weighted by Crippen LogP contribution is 2.19. The molecule has 0 heterocycles. The van der Waals surface area contributed by atoms with Crippen LogP contribution in [0.4, 0.5) is 0 Å². The van der Waals surface area contributed by atoms with E-state index in [1.54, 1.807) is 18.2 Å². The molecule has 0 spiro atoms. The molecule has 3 nitrogen and oxygen atoms in total. The second kappa shape index (κ2) is 5.54. The zero-order valence-corrected chi connectivity index (χ0v) is 9.93. The van der Waals surface area contributed by atoms with Crippen molar-refractivity contribution in [3.63, 3.8) is 0 Å². The van der Waals surface area contributed by atoms with Crippen molar-refractivity contribution < 1.29 is 14.6 Å². The Morgan fingerprint density at radius 1 is 1.38 bits per heavy atom. The van der Waals surface area contributed by atoms with Crippen LogP contribution < -0.4 is 0 Å².